The summed E-state index contributed by atoms with van der Waals surface area (Å²) in [5.74, 6) is 2.19. The molecule has 0 aliphatic carbocycles. The Bertz CT molecular complexity index is 1180. The van der Waals surface area contributed by atoms with Crippen LogP contribution in [-0.2, 0) is 6.54 Å². The van der Waals surface area contributed by atoms with Crippen LogP contribution in [0.4, 0.5) is 0 Å². The van der Waals surface area contributed by atoms with Crippen molar-refractivity contribution >= 4 is 28.4 Å². The molecular weight excluding hydrogens is 372 g/mol. The van der Waals surface area contributed by atoms with Gasteiger partial charge in [0.15, 0.2) is 5.16 Å². The number of hydrogen-bond acceptors (Lipinski definition) is 5. The molecule has 4 aromatic rings. The summed E-state index contributed by atoms with van der Waals surface area (Å²) in [6.07, 6.45) is 0.855. The predicted octanol–water partition coefficient (Wildman–Crippen LogP) is 3.93. The number of hydrogen-bond donors (Lipinski definition) is 0. The van der Waals surface area contributed by atoms with Crippen LogP contribution in [-0.4, -0.2) is 31.5 Å². The van der Waals surface area contributed by atoms with Crippen LogP contribution < -0.4 is 10.3 Å². The summed E-state index contributed by atoms with van der Waals surface area (Å²) in [7, 11) is 0. The lowest BCUT2D eigenvalue weighted by molar-refractivity contribution is 0.343. The van der Waals surface area contributed by atoms with Crippen LogP contribution in [0.1, 0.15) is 18.9 Å². The summed E-state index contributed by atoms with van der Waals surface area (Å²) in [4.78, 5) is 12.8. The van der Waals surface area contributed by atoms with Gasteiger partial charge < -0.3 is 4.74 Å². The molecule has 2 aromatic heterocycles. The second-order valence-corrected chi connectivity index (χ2v) is 7.67. The third-order valence-corrected chi connectivity index (χ3v) is 5.39. The molecule has 0 unspecified atom stereocenters. The largest absolute Gasteiger partial charge is 0.493 e. The highest BCUT2D eigenvalue weighted by atomic mass is 32.2. The van der Waals surface area contributed by atoms with Gasteiger partial charge in [-0.15, -0.1) is 10.2 Å². The maximum absolute atomic E-state index is 12.8. The predicted molar refractivity (Wildman–Crippen MR) is 112 cm³/mol. The molecule has 2 aromatic carbocycles. The quantitative estimate of drug-likeness (QED) is 0.351. The van der Waals surface area contributed by atoms with Gasteiger partial charge in [0, 0.05) is 12.3 Å². The van der Waals surface area contributed by atoms with Crippen molar-refractivity contribution in [1.82, 2.24) is 19.2 Å². The molecule has 0 radical (unpaired) electrons. The number of thioether (sulfide) groups is 1. The molecule has 0 saturated carbocycles. The van der Waals surface area contributed by atoms with Gasteiger partial charge in [0.05, 0.1) is 17.5 Å². The molecule has 0 aliphatic heterocycles. The van der Waals surface area contributed by atoms with Crippen LogP contribution in [0.25, 0.3) is 16.7 Å². The molecule has 0 fully saturated rings. The zero-order chi connectivity index (χ0) is 19.5. The summed E-state index contributed by atoms with van der Waals surface area (Å²) in [5.41, 5.74) is 1.99. The first-order valence-electron chi connectivity index (χ1n) is 9.38. The molecule has 28 heavy (non-hydrogen) atoms. The summed E-state index contributed by atoms with van der Waals surface area (Å²) >= 11 is 1.58. The van der Waals surface area contributed by atoms with Crippen molar-refractivity contribution in [3.8, 4) is 5.75 Å². The fourth-order valence-corrected chi connectivity index (χ4v) is 4.01. The first-order chi connectivity index (χ1) is 13.7. The second-order valence-electron chi connectivity index (χ2n) is 6.61. The highest BCUT2D eigenvalue weighted by Gasteiger charge is 2.16. The van der Waals surface area contributed by atoms with E-state index in [0.717, 1.165) is 28.6 Å². The first-order valence-corrected chi connectivity index (χ1v) is 10.4. The van der Waals surface area contributed by atoms with E-state index in [1.165, 1.54) is 5.56 Å². The lowest BCUT2D eigenvalue weighted by atomic mass is 10.2. The molecule has 6 nitrogen and oxygen atoms in total. The minimum Gasteiger partial charge on any atom is -0.493 e. The van der Waals surface area contributed by atoms with Crippen molar-refractivity contribution < 1.29 is 4.74 Å². The number of aromatic nitrogens is 4. The molecule has 0 N–H and O–H groups in total. The van der Waals surface area contributed by atoms with Gasteiger partial charge in [-0.2, -0.15) is 0 Å². The van der Waals surface area contributed by atoms with Crippen LogP contribution in [0.3, 0.4) is 0 Å². The van der Waals surface area contributed by atoms with E-state index in [1.54, 1.807) is 16.3 Å². The fourth-order valence-electron chi connectivity index (χ4n) is 3.25. The van der Waals surface area contributed by atoms with Crippen molar-refractivity contribution in [2.24, 2.45) is 0 Å². The summed E-state index contributed by atoms with van der Waals surface area (Å²) in [6, 6.07) is 15.6. The van der Waals surface area contributed by atoms with E-state index in [1.807, 2.05) is 66.8 Å². The molecule has 2 heterocycles. The molecule has 4 rings (SSSR count). The van der Waals surface area contributed by atoms with Crippen molar-refractivity contribution in [3.05, 3.63) is 64.4 Å². The zero-order valence-electron chi connectivity index (χ0n) is 16.0. The highest BCUT2D eigenvalue weighted by Crippen LogP contribution is 2.22. The average molecular weight is 395 g/mol. The molecule has 0 bridgehead atoms. The van der Waals surface area contributed by atoms with Gasteiger partial charge in [-0.1, -0.05) is 43.0 Å². The number of aryl methyl sites for hydroxylation is 2. The van der Waals surface area contributed by atoms with E-state index in [-0.39, 0.29) is 5.56 Å². The Morgan fingerprint density at radius 1 is 1.11 bits per heavy atom. The van der Waals surface area contributed by atoms with Crippen molar-refractivity contribution in [3.63, 3.8) is 0 Å². The maximum Gasteiger partial charge on any atom is 0.262 e. The normalized spacial score (nSPS) is 11.4. The van der Waals surface area contributed by atoms with Crippen LogP contribution in [0.15, 0.2) is 58.5 Å². The van der Waals surface area contributed by atoms with Crippen LogP contribution in [0.5, 0.6) is 5.75 Å². The Hall–Kier alpha value is -2.80. The molecule has 0 saturated heterocycles. The second kappa shape index (κ2) is 8.06. The van der Waals surface area contributed by atoms with Gasteiger partial charge in [-0.25, -0.2) is 0 Å². The van der Waals surface area contributed by atoms with E-state index >= 15 is 0 Å². The van der Waals surface area contributed by atoms with Gasteiger partial charge in [0.2, 0.25) is 5.78 Å². The Morgan fingerprint density at radius 3 is 2.79 bits per heavy atom. The SMILES string of the molecule is CCCn1c(=O)c2ccccc2n2c(SCCOc3cccc(C)c3)nnc12. The molecule has 0 aliphatic rings. The minimum atomic E-state index is -0.0170. The van der Waals surface area contributed by atoms with Gasteiger partial charge in [-0.3, -0.25) is 13.8 Å². The van der Waals surface area contributed by atoms with E-state index in [2.05, 4.69) is 10.2 Å². The first kappa shape index (κ1) is 18.6. The maximum atomic E-state index is 12.8. The summed E-state index contributed by atoms with van der Waals surface area (Å²) < 4.78 is 9.52. The smallest absolute Gasteiger partial charge is 0.262 e. The Kier molecular flexibility index (Phi) is 5.34. The van der Waals surface area contributed by atoms with Gasteiger partial charge >= 0.3 is 0 Å². The van der Waals surface area contributed by atoms with Crippen molar-refractivity contribution in [1.29, 1.82) is 0 Å². The summed E-state index contributed by atoms with van der Waals surface area (Å²) in [6.45, 7) is 5.28. The van der Waals surface area contributed by atoms with Crippen molar-refractivity contribution in [2.45, 2.75) is 32.0 Å². The van der Waals surface area contributed by atoms with Crippen LogP contribution in [0.2, 0.25) is 0 Å². The Morgan fingerprint density at radius 2 is 1.96 bits per heavy atom. The van der Waals surface area contributed by atoms with Gasteiger partial charge in [-0.05, 0) is 43.2 Å². The lowest BCUT2D eigenvalue weighted by Gasteiger charge is -2.10. The number of nitrogens with zero attached hydrogens (tertiary/aromatic N) is 4. The number of para-hydroxylation sites is 1. The number of rotatable bonds is 7. The van der Waals surface area contributed by atoms with Crippen molar-refractivity contribution in [2.75, 3.05) is 12.4 Å². The van der Waals surface area contributed by atoms with Crippen LogP contribution in [0, 0.1) is 6.92 Å². The van der Waals surface area contributed by atoms with E-state index in [0.29, 0.717) is 24.3 Å². The van der Waals surface area contributed by atoms with E-state index in [4.69, 9.17) is 4.74 Å². The summed E-state index contributed by atoms with van der Waals surface area (Å²) in [5, 5.41) is 10.1. The monoisotopic (exact) mass is 394 g/mol. The molecule has 7 heteroatoms. The standard InChI is InChI=1S/C21H22N4O2S/c1-3-11-24-19(26)17-9-4-5-10-18(17)25-20(24)22-23-21(25)28-13-12-27-16-8-6-7-15(2)14-16/h4-10,14H,3,11-13H2,1-2H3. The lowest BCUT2D eigenvalue weighted by Crippen LogP contribution is -2.23. The van der Waals surface area contributed by atoms with E-state index in [9.17, 15) is 4.79 Å². The number of benzene rings is 2. The molecule has 0 amide bonds. The fraction of sp³-hybridized carbons (Fsp3) is 0.286. The number of ether oxygens (including phenoxy) is 1. The highest BCUT2D eigenvalue weighted by molar-refractivity contribution is 7.99. The number of fused-ring (bicyclic) bond motifs is 3. The Balaban J connectivity index is 1.62. The molecule has 0 spiro atoms. The molecule has 0 atom stereocenters. The minimum absolute atomic E-state index is 0.0170. The van der Waals surface area contributed by atoms with Gasteiger partial charge in [0.1, 0.15) is 5.75 Å². The van der Waals surface area contributed by atoms with Gasteiger partial charge in [0.25, 0.3) is 5.56 Å². The molecule has 144 valence electrons. The Labute approximate surface area is 167 Å². The third kappa shape index (κ3) is 3.49. The topological polar surface area (TPSA) is 61.4 Å². The average Bonchev–Trinajstić information content (AvgIpc) is 3.12. The van der Waals surface area contributed by atoms with Crippen LogP contribution >= 0.6 is 11.8 Å². The molecular formula is C21H22N4O2S. The zero-order valence-corrected chi connectivity index (χ0v) is 16.8. The third-order valence-electron chi connectivity index (χ3n) is 4.50. The van der Waals surface area contributed by atoms with E-state index < -0.39 is 0 Å².